The van der Waals surface area contributed by atoms with Crippen LogP contribution in [0.2, 0.25) is 0 Å². The largest absolute Gasteiger partial charge is 0.550 e. The maximum Gasteiger partial charge on any atom is 0.550 e. The van der Waals surface area contributed by atoms with Gasteiger partial charge >= 0.3 is 74.3 Å². The fraction of sp³-hybridized carbons (Fsp3) is 1.00. The molecule has 0 aliphatic rings. The van der Waals surface area contributed by atoms with Gasteiger partial charge in [-0.3, -0.25) is 8.85 Å². The molecule has 0 aromatic carbocycles. The second kappa shape index (κ2) is 9.41. The first kappa shape index (κ1) is 38.3. The summed E-state index contributed by atoms with van der Waals surface area (Å²) >= 11 is 0. The van der Waals surface area contributed by atoms with Gasteiger partial charge in [0.05, 0.1) is 0 Å². The van der Waals surface area contributed by atoms with Crippen LogP contribution in [-0.2, 0) is 8.85 Å². The lowest BCUT2D eigenvalue weighted by Crippen LogP contribution is -2.81. The molecule has 0 aliphatic heterocycles. The van der Waals surface area contributed by atoms with Crippen molar-refractivity contribution in [3.05, 3.63) is 0 Å². The lowest BCUT2D eigenvalue weighted by Gasteiger charge is -2.45. The highest BCUT2D eigenvalue weighted by molar-refractivity contribution is 6.72. The summed E-state index contributed by atoms with van der Waals surface area (Å²) in [7, 11) is -10.9. The Labute approximate surface area is 199 Å². The molecule has 29 heteroatoms. The highest BCUT2D eigenvalue weighted by Gasteiger charge is 3.00. The van der Waals surface area contributed by atoms with E-state index in [4.69, 9.17) is 0 Å². The van der Waals surface area contributed by atoms with Gasteiger partial charge < -0.3 is 0 Å². The summed E-state index contributed by atoms with van der Waals surface area (Å²) in [6.07, 6.45) is -23.8. The fourth-order valence-electron chi connectivity index (χ4n) is 2.14. The van der Waals surface area contributed by atoms with E-state index in [2.05, 4.69) is 0 Å². The highest BCUT2D eigenvalue weighted by atomic mass is 28.4. The number of halogens is 26. The molecule has 0 fully saturated rings. The van der Waals surface area contributed by atoms with Gasteiger partial charge in [0.15, 0.2) is 0 Å². The van der Waals surface area contributed by atoms with Crippen molar-refractivity contribution >= 4 is 8.56 Å². The first-order valence-electron chi connectivity index (χ1n) is 7.98. The van der Waals surface area contributed by atoms with Crippen LogP contribution in [0.25, 0.3) is 0 Å². The van der Waals surface area contributed by atoms with E-state index < -0.39 is 74.3 Å². The molecule has 0 radical (unpaired) electrons. The topological polar surface area (TPSA) is 18.5 Å². The van der Waals surface area contributed by atoms with E-state index in [-0.39, 0.29) is 0 Å². The lowest BCUT2D eigenvalue weighted by atomic mass is 9.91. The summed E-state index contributed by atoms with van der Waals surface area (Å²) in [4.78, 5) is 0. The van der Waals surface area contributed by atoms with Crippen LogP contribution in [0.1, 0.15) is 0 Å². The standard InChI is InChI=1S/C11F26O2Si/c12-1(13,3(16,17)5(20,21)7(24,25)26)2(14,15)4(18,19)6(22,23)8(27,28)40(11(35,36)37,38-9(29,30)31)39-10(32,33)34. The fourth-order valence-corrected chi connectivity index (χ4v) is 4.25. The van der Waals surface area contributed by atoms with Crippen molar-refractivity contribution in [1.29, 1.82) is 0 Å². The van der Waals surface area contributed by atoms with Crippen molar-refractivity contribution in [1.82, 2.24) is 0 Å². The van der Waals surface area contributed by atoms with Gasteiger partial charge in [-0.2, -0.15) is 87.8 Å². The Morgan fingerprint density at radius 1 is 0.300 bits per heavy atom. The van der Waals surface area contributed by atoms with E-state index in [1.54, 1.807) is 0 Å². The Bertz CT molecular complexity index is 886. The molecule has 0 unspecified atom stereocenters. The van der Waals surface area contributed by atoms with Crippen molar-refractivity contribution in [2.24, 2.45) is 0 Å². The quantitative estimate of drug-likeness (QED) is 0.180. The van der Waals surface area contributed by atoms with Gasteiger partial charge in [-0.1, -0.05) is 0 Å². The first-order chi connectivity index (χ1) is 16.7. The molecule has 0 aliphatic carbocycles. The monoisotopic (exact) mass is 686 g/mol. The van der Waals surface area contributed by atoms with E-state index >= 15 is 0 Å². The van der Waals surface area contributed by atoms with Crippen LogP contribution in [0, 0.1) is 0 Å². The lowest BCUT2D eigenvalue weighted by molar-refractivity contribution is -0.461. The van der Waals surface area contributed by atoms with Gasteiger partial charge in [0.25, 0.3) is 0 Å². The third kappa shape index (κ3) is 5.43. The van der Waals surface area contributed by atoms with Gasteiger partial charge in [-0.15, -0.1) is 26.3 Å². The smallest absolute Gasteiger partial charge is 0.296 e. The van der Waals surface area contributed by atoms with Crippen LogP contribution >= 0.6 is 0 Å². The minimum atomic E-state index is -10.9. The van der Waals surface area contributed by atoms with Crippen LogP contribution in [0.4, 0.5) is 114 Å². The van der Waals surface area contributed by atoms with Crippen LogP contribution in [0.3, 0.4) is 0 Å². The van der Waals surface area contributed by atoms with E-state index in [9.17, 15) is 114 Å². The molecule has 0 spiro atoms. The minimum absolute atomic E-state index is 1.14. The molecule has 0 heterocycles. The Balaban J connectivity index is 7.69. The maximum atomic E-state index is 14.0. The van der Waals surface area contributed by atoms with Gasteiger partial charge in [0, 0.05) is 0 Å². The summed E-state index contributed by atoms with van der Waals surface area (Å²) < 4.78 is 338. The third-order valence-corrected chi connectivity index (χ3v) is 6.95. The summed E-state index contributed by atoms with van der Waals surface area (Å²) in [6, 6.07) is 0. The van der Waals surface area contributed by atoms with Crippen molar-refractivity contribution in [3.63, 3.8) is 0 Å². The average molecular weight is 686 g/mol. The van der Waals surface area contributed by atoms with Crippen molar-refractivity contribution < 1.29 is 123 Å². The molecular formula is C11F26O2Si. The first-order valence-corrected chi connectivity index (χ1v) is 9.80. The van der Waals surface area contributed by atoms with Crippen LogP contribution in [0.5, 0.6) is 0 Å². The minimum Gasteiger partial charge on any atom is -0.296 e. The molecule has 0 atom stereocenters. The molecule has 0 N–H and O–H groups in total. The summed E-state index contributed by atoms with van der Waals surface area (Å²) in [5, 5.41) is 0. The average Bonchev–Trinajstić information content (AvgIpc) is 2.62. The second-order valence-corrected chi connectivity index (χ2v) is 9.56. The molecule has 0 aromatic rings. The van der Waals surface area contributed by atoms with E-state index in [0.29, 0.717) is 0 Å². The summed E-state index contributed by atoms with van der Waals surface area (Å²) in [5.41, 5.74) is -9.37. The second-order valence-electron chi connectivity index (χ2n) is 6.73. The van der Waals surface area contributed by atoms with Gasteiger partial charge in [0.1, 0.15) is 0 Å². The Hall–Kier alpha value is -1.68. The zero-order valence-electron chi connectivity index (χ0n) is 16.6. The molecule has 0 bridgehead atoms. The number of hydrogen-bond donors (Lipinski definition) is 0. The Morgan fingerprint density at radius 2 is 0.525 bits per heavy atom. The van der Waals surface area contributed by atoms with E-state index in [1.165, 1.54) is 0 Å². The molecule has 242 valence electrons. The maximum absolute atomic E-state index is 14.0. The molecule has 0 aromatic heterocycles. The van der Waals surface area contributed by atoms with Crippen LogP contribution in [0.15, 0.2) is 0 Å². The molecule has 0 saturated heterocycles. The third-order valence-electron chi connectivity index (χ3n) is 4.03. The normalized spacial score (nSPS) is 16.9. The number of hydrogen-bond acceptors (Lipinski definition) is 2. The number of rotatable bonds is 9. The highest BCUT2D eigenvalue weighted by Crippen LogP contribution is 2.66. The molecule has 40 heavy (non-hydrogen) atoms. The molecular weight excluding hydrogens is 686 g/mol. The van der Waals surface area contributed by atoms with Gasteiger partial charge in [-0.25, -0.2) is 0 Å². The Morgan fingerprint density at radius 3 is 0.725 bits per heavy atom. The predicted molar refractivity (Wildman–Crippen MR) is 66.8 cm³/mol. The summed E-state index contributed by atoms with van der Waals surface area (Å²) in [6.45, 7) is 0. The zero-order chi connectivity index (χ0) is 33.4. The van der Waals surface area contributed by atoms with Crippen LogP contribution in [-0.4, -0.2) is 74.3 Å². The number of alkyl halides is 26. The molecule has 0 rings (SSSR count). The predicted octanol–water partition coefficient (Wildman–Crippen LogP) is 8.15. The van der Waals surface area contributed by atoms with Crippen molar-refractivity contribution in [2.45, 2.75) is 65.8 Å². The van der Waals surface area contributed by atoms with Crippen LogP contribution < -0.4 is 0 Å². The zero-order valence-corrected chi connectivity index (χ0v) is 17.6. The molecule has 2 nitrogen and oxygen atoms in total. The van der Waals surface area contributed by atoms with E-state index in [0.717, 1.165) is 8.85 Å². The molecule has 0 saturated carbocycles. The summed E-state index contributed by atoms with van der Waals surface area (Å²) in [5.74, 6) is -64.7. The van der Waals surface area contributed by atoms with E-state index in [1.807, 2.05) is 0 Å². The SMILES string of the molecule is FC(F)(F)O[Si](OC(F)(F)F)(C(F)(F)F)C(F)(F)C(F)(F)C(F)(F)C(F)(F)C(F)(F)C(F)(F)C(F)(F)C(F)(F)F. The van der Waals surface area contributed by atoms with Crippen molar-refractivity contribution in [2.75, 3.05) is 0 Å². The Kier molecular flexibility index (Phi) is 9.02. The molecule has 0 amide bonds. The van der Waals surface area contributed by atoms with Gasteiger partial charge in [0.2, 0.25) is 0 Å². The van der Waals surface area contributed by atoms with Crippen molar-refractivity contribution in [3.8, 4) is 0 Å². The van der Waals surface area contributed by atoms with Gasteiger partial charge in [-0.05, 0) is 0 Å².